The maximum absolute atomic E-state index is 11.7. The van der Waals surface area contributed by atoms with Crippen molar-refractivity contribution >= 4 is 17.6 Å². The molecule has 1 unspecified atom stereocenters. The Labute approximate surface area is 118 Å². The Morgan fingerprint density at radius 2 is 2.05 bits per heavy atom. The second-order valence-electron chi connectivity index (χ2n) is 5.57. The van der Waals surface area contributed by atoms with Gasteiger partial charge in [-0.1, -0.05) is 6.07 Å². The number of aliphatic carboxylic acids is 1. The van der Waals surface area contributed by atoms with Crippen LogP contribution in [0.2, 0.25) is 0 Å². The summed E-state index contributed by atoms with van der Waals surface area (Å²) in [4.78, 5) is 25.1. The number of nitrogens with two attached hydrogens (primary N) is 1. The molecule has 5 heteroatoms. The van der Waals surface area contributed by atoms with Crippen molar-refractivity contribution in [3.05, 3.63) is 29.3 Å². The van der Waals surface area contributed by atoms with Crippen molar-refractivity contribution in [3.63, 3.8) is 0 Å². The van der Waals surface area contributed by atoms with Crippen LogP contribution in [0.15, 0.2) is 18.2 Å². The number of primary amides is 1. The maximum Gasteiger partial charge on any atom is 0.329 e. The fourth-order valence-corrected chi connectivity index (χ4v) is 2.80. The molecule has 1 aliphatic heterocycles. The van der Waals surface area contributed by atoms with Gasteiger partial charge in [-0.15, -0.1) is 0 Å². The van der Waals surface area contributed by atoms with Crippen LogP contribution in [0.5, 0.6) is 0 Å². The molecule has 20 heavy (non-hydrogen) atoms. The summed E-state index contributed by atoms with van der Waals surface area (Å²) < 4.78 is 0. The van der Waals surface area contributed by atoms with E-state index in [9.17, 15) is 14.7 Å². The van der Waals surface area contributed by atoms with E-state index in [1.54, 1.807) is 13.0 Å². The van der Waals surface area contributed by atoms with Crippen LogP contribution in [-0.4, -0.2) is 29.1 Å². The minimum atomic E-state index is -0.990. The van der Waals surface area contributed by atoms with Crippen molar-refractivity contribution in [2.75, 3.05) is 11.4 Å². The number of nitrogens with zero attached hydrogens (tertiary/aromatic N) is 1. The molecule has 1 atom stereocenters. The van der Waals surface area contributed by atoms with E-state index >= 15 is 0 Å². The zero-order valence-corrected chi connectivity index (χ0v) is 11.8. The van der Waals surface area contributed by atoms with Crippen molar-refractivity contribution < 1.29 is 14.7 Å². The lowest BCUT2D eigenvalue weighted by molar-refractivity contribution is -0.143. The average molecular weight is 276 g/mol. The van der Waals surface area contributed by atoms with E-state index in [1.165, 1.54) is 0 Å². The Kier molecular flexibility index (Phi) is 3.70. The molecule has 1 saturated heterocycles. The largest absolute Gasteiger partial charge is 0.480 e. The molecule has 0 aliphatic carbocycles. The molecule has 0 radical (unpaired) electrons. The molecule has 1 fully saturated rings. The van der Waals surface area contributed by atoms with Crippen LogP contribution in [0.3, 0.4) is 0 Å². The normalized spacial score (nSPS) is 22.6. The molecule has 0 saturated carbocycles. The number of anilines is 1. The van der Waals surface area contributed by atoms with Crippen LogP contribution in [0, 0.1) is 6.92 Å². The van der Waals surface area contributed by atoms with Crippen LogP contribution in [-0.2, 0) is 4.79 Å². The van der Waals surface area contributed by atoms with Gasteiger partial charge in [0.25, 0.3) is 5.91 Å². The van der Waals surface area contributed by atoms with E-state index < -0.39 is 17.4 Å². The number of carboxylic acids is 1. The Hall–Kier alpha value is -2.04. The third kappa shape index (κ3) is 2.35. The third-order valence-electron chi connectivity index (χ3n) is 4.06. The lowest BCUT2D eigenvalue weighted by atomic mass is 9.87. The van der Waals surface area contributed by atoms with E-state index in [-0.39, 0.29) is 0 Å². The van der Waals surface area contributed by atoms with Crippen LogP contribution < -0.4 is 10.6 Å². The van der Waals surface area contributed by atoms with Gasteiger partial charge >= 0.3 is 5.97 Å². The number of carboxylic acid groups (broad SMARTS) is 1. The highest BCUT2D eigenvalue weighted by Gasteiger charge is 2.42. The average Bonchev–Trinajstić information content (AvgIpc) is 2.38. The molecular weight excluding hydrogens is 256 g/mol. The first-order valence-electron chi connectivity index (χ1n) is 6.78. The quantitative estimate of drug-likeness (QED) is 0.883. The zero-order valence-electron chi connectivity index (χ0n) is 11.8. The van der Waals surface area contributed by atoms with Crippen LogP contribution in [0.1, 0.15) is 42.1 Å². The summed E-state index contributed by atoms with van der Waals surface area (Å²) >= 11 is 0. The van der Waals surface area contributed by atoms with Crippen LogP contribution >= 0.6 is 0 Å². The number of benzene rings is 1. The Balaban J connectivity index is 2.55. The summed E-state index contributed by atoms with van der Waals surface area (Å²) in [6.07, 6.45) is 2.35. The molecule has 0 bridgehead atoms. The second-order valence-corrected chi connectivity index (χ2v) is 5.57. The first-order valence-corrected chi connectivity index (χ1v) is 6.78. The highest BCUT2D eigenvalue weighted by Crippen LogP contribution is 2.35. The predicted octanol–water partition coefficient (Wildman–Crippen LogP) is 1.93. The molecule has 1 aliphatic rings. The van der Waals surface area contributed by atoms with Gasteiger partial charge in [-0.05, 0) is 50.8 Å². The van der Waals surface area contributed by atoms with E-state index in [0.29, 0.717) is 24.2 Å². The van der Waals surface area contributed by atoms with Gasteiger partial charge in [0, 0.05) is 6.54 Å². The lowest BCUT2D eigenvalue weighted by Crippen LogP contribution is -2.56. The molecule has 0 aromatic heterocycles. The monoisotopic (exact) mass is 276 g/mol. The summed E-state index contributed by atoms with van der Waals surface area (Å²) in [5, 5.41) is 9.57. The molecule has 1 amide bonds. The number of amides is 1. The highest BCUT2D eigenvalue weighted by molar-refractivity contribution is 6.00. The molecule has 0 spiro atoms. The van der Waals surface area contributed by atoms with Gasteiger partial charge in [0.15, 0.2) is 0 Å². The SMILES string of the molecule is Cc1ccc(C(N)=O)c(N2CCCCC2(C)C(=O)O)c1. The fraction of sp³-hybridized carbons (Fsp3) is 0.467. The molecular formula is C15H20N2O3. The van der Waals surface area contributed by atoms with Crippen molar-refractivity contribution in [1.82, 2.24) is 0 Å². The molecule has 3 N–H and O–H groups in total. The fourth-order valence-electron chi connectivity index (χ4n) is 2.80. The first kappa shape index (κ1) is 14.4. The Morgan fingerprint density at radius 1 is 1.35 bits per heavy atom. The minimum Gasteiger partial charge on any atom is -0.480 e. The van der Waals surface area contributed by atoms with Gasteiger partial charge < -0.3 is 15.7 Å². The van der Waals surface area contributed by atoms with Crippen molar-refractivity contribution in [2.24, 2.45) is 5.73 Å². The standard InChI is InChI=1S/C15H20N2O3/c1-10-5-6-11(13(16)18)12(9-10)17-8-4-3-7-15(17,2)14(19)20/h5-6,9H,3-4,7-8H2,1-2H3,(H2,16,18)(H,19,20). The number of carbonyl (C=O) groups excluding carboxylic acids is 1. The number of aryl methyl sites for hydroxylation is 1. The van der Waals surface area contributed by atoms with Gasteiger partial charge in [0.1, 0.15) is 5.54 Å². The number of hydrogen-bond acceptors (Lipinski definition) is 3. The number of piperidine rings is 1. The Morgan fingerprint density at radius 3 is 2.65 bits per heavy atom. The molecule has 1 aromatic carbocycles. The summed E-state index contributed by atoms with van der Waals surface area (Å²) in [7, 11) is 0. The molecule has 2 rings (SSSR count). The van der Waals surface area contributed by atoms with Gasteiger partial charge in [-0.25, -0.2) is 4.79 Å². The van der Waals surface area contributed by atoms with E-state index in [1.807, 2.05) is 24.0 Å². The topological polar surface area (TPSA) is 83.6 Å². The molecule has 5 nitrogen and oxygen atoms in total. The van der Waals surface area contributed by atoms with Crippen LogP contribution in [0.25, 0.3) is 0 Å². The number of hydrogen-bond donors (Lipinski definition) is 2. The summed E-state index contributed by atoms with van der Waals surface area (Å²) in [6, 6.07) is 5.32. The Bertz CT molecular complexity index is 556. The van der Waals surface area contributed by atoms with Gasteiger partial charge in [0.05, 0.1) is 11.3 Å². The van der Waals surface area contributed by atoms with E-state index in [0.717, 1.165) is 18.4 Å². The van der Waals surface area contributed by atoms with E-state index in [4.69, 9.17) is 5.73 Å². The minimum absolute atomic E-state index is 0.380. The van der Waals surface area contributed by atoms with Gasteiger partial charge in [0.2, 0.25) is 0 Å². The maximum atomic E-state index is 11.7. The second kappa shape index (κ2) is 5.15. The van der Waals surface area contributed by atoms with Crippen molar-refractivity contribution in [2.45, 2.75) is 38.6 Å². The highest BCUT2D eigenvalue weighted by atomic mass is 16.4. The van der Waals surface area contributed by atoms with Gasteiger partial charge in [-0.3, -0.25) is 4.79 Å². The number of rotatable bonds is 3. The van der Waals surface area contributed by atoms with Crippen molar-refractivity contribution in [3.8, 4) is 0 Å². The lowest BCUT2D eigenvalue weighted by Gasteiger charge is -2.44. The summed E-state index contributed by atoms with van der Waals surface area (Å²) in [5.74, 6) is -1.40. The smallest absolute Gasteiger partial charge is 0.329 e. The van der Waals surface area contributed by atoms with Crippen LogP contribution in [0.4, 0.5) is 5.69 Å². The third-order valence-corrected chi connectivity index (χ3v) is 4.06. The summed E-state index contributed by atoms with van der Waals surface area (Å²) in [5.41, 5.74) is 6.41. The predicted molar refractivity (Wildman–Crippen MR) is 76.9 cm³/mol. The van der Waals surface area contributed by atoms with Crippen molar-refractivity contribution in [1.29, 1.82) is 0 Å². The molecule has 1 heterocycles. The number of carbonyl (C=O) groups is 2. The summed E-state index contributed by atoms with van der Waals surface area (Å²) in [6.45, 7) is 4.24. The van der Waals surface area contributed by atoms with E-state index in [2.05, 4.69) is 0 Å². The van der Waals surface area contributed by atoms with Gasteiger partial charge in [-0.2, -0.15) is 0 Å². The first-order chi connectivity index (χ1) is 9.36. The zero-order chi connectivity index (χ0) is 14.9. The molecule has 1 aromatic rings. The molecule has 108 valence electrons.